The molecular weight excluding hydrogens is 124 g/mol. The number of ketones is 1. The lowest BCUT2D eigenvalue weighted by atomic mass is 10.1. The standard InChI is InChI=1S/C8H16O.CH4/c1-3-4-5-6-7-8(2)9;/h3-7H2,1-2H3;1H4. The summed E-state index contributed by atoms with van der Waals surface area (Å²) in [5.74, 6) is 0.325. The number of hydrogen-bond donors (Lipinski definition) is 0. The quantitative estimate of drug-likeness (QED) is 0.541. The Labute approximate surface area is 64.8 Å². The van der Waals surface area contributed by atoms with E-state index in [1.54, 1.807) is 6.92 Å². The molecule has 0 rings (SSSR count). The van der Waals surface area contributed by atoms with Gasteiger partial charge in [-0.15, -0.1) is 0 Å². The molecule has 0 spiro atoms. The largest absolute Gasteiger partial charge is 0.300 e. The van der Waals surface area contributed by atoms with Crippen LogP contribution in [0.1, 0.15) is 53.4 Å². The Morgan fingerprint density at radius 3 is 2.20 bits per heavy atom. The third-order valence-electron chi connectivity index (χ3n) is 1.38. The van der Waals surface area contributed by atoms with Crippen LogP contribution in [0.3, 0.4) is 0 Å². The molecular formula is C9H20O. The molecule has 1 heteroatoms. The molecule has 0 N–H and O–H groups in total. The van der Waals surface area contributed by atoms with Gasteiger partial charge in [-0.25, -0.2) is 0 Å². The highest BCUT2D eigenvalue weighted by atomic mass is 16.1. The van der Waals surface area contributed by atoms with Crippen molar-refractivity contribution in [1.29, 1.82) is 0 Å². The van der Waals surface area contributed by atoms with Gasteiger partial charge in [0.1, 0.15) is 5.78 Å². The van der Waals surface area contributed by atoms with Crippen molar-refractivity contribution < 1.29 is 4.79 Å². The van der Waals surface area contributed by atoms with E-state index in [0.29, 0.717) is 5.78 Å². The predicted octanol–water partition coefficient (Wildman–Crippen LogP) is 3.18. The van der Waals surface area contributed by atoms with Crippen LogP contribution in [-0.2, 0) is 4.79 Å². The number of carbonyl (C=O) groups excluding carboxylic acids is 1. The van der Waals surface area contributed by atoms with Crippen molar-refractivity contribution in [2.75, 3.05) is 0 Å². The molecule has 0 heterocycles. The fraction of sp³-hybridized carbons (Fsp3) is 0.889. The zero-order valence-electron chi connectivity index (χ0n) is 6.44. The van der Waals surface area contributed by atoms with Crippen molar-refractivity contribution in [1.82, 2.24) is 0 Å². The third-order valence-corrected chi connectivity index (χ3v) is 1.38. The second-order valence-corrected chi connectivity index (χ2v) is 2.51. The smallest absolute Gasteiger partial charge is 0.129 e. The maximum absolute atomic E-state index is 10.4. The first-order valence-corrected chi connectivity index (χ1v) is 3.76. The molecule has 0 atom stereocenters. The molecule has 0 aromatic heterocycles. The van der Waals surface area contributed by atoms with Crippen molar-refractivity contribution in [2.24, 2.45) is 0 Å². The Balaban J connectivity index is 0. The lowest BCUT2D eigenvalue weighted by Gasteiger charge is -1.93. The maximum atomic E-state index is 10.4. The van der Waals surface area contributed by atoms with E-state index in [2.05, 4.69) is 6.92 Å². The van der Waals surface area contributed by atoms with Gasteiger partial charge in [-0.3, -0.25) is 0 Å². The van der Waals surface area contributed by atoms with Gasteiger partial charge in [0.05, 0.1) is 0 Å². The van der Waals surface area contributed by atoms with Crippen molar-refractivity contribution in [2.45, 2.75) is 53.4 Å². The van der Waals surface area contributed by atoms with Gasteiger partial charge >= 0.3 is 0 Å². The van der Waals surface area contributed by atoms with Gasteiger partial charge in [0, 0.05) is 6.42 Å². The summed E-state index contributed by atoms with van der Waals surface area (Å²) in [6.45, 7) is 3.83. The average molecular weight is 144 g/mol. The highest BCUT2D eigenvalue weighted by Gasteiger charge is 1.91. The van der Waals surface area contributed by atoms with Crippen molar-refractivity contribution >= 4 is 5.78 Å². The summed E-state index contributed by atoms with van der Waals surface area (Å²) in [5.41, 5.74) is 0. The van der Waals surface area contributed by atoms with Gasteiger partial charge in [-0.1, -0.05) is 33.6 Å². The normalized spacial score (nSPS) is 8.60. The van der Waals surface area contributed by atoms with E-state index in [-0.39, 0.29) is 7.43 Å². The minimum atomic E-state index is 0. The summed E-state index contributed by atoms with van der Waals surface area (Å²) >= 11 is 0. The summed E-state index contributed by atoms with van der Waals surface area (Å²) in [5, 5.41) is 0. The van der Waals surface area contributed by atoms with E-state index < -0.39 is 0 Å². The summed E-state index contributed by atoms with van der Waals surface area (Å²) in [6, 6.07) is 0. The minimum Gasteiger partial charge on any atom is -0.300 e. The Morgan fingerprint density at radius 2 is 1.80 bits per heavy atom. The van der Waals surface area contributed by atoms with E-state index >= 15 is 0 Å². The topological polar surface area (TPSA) is 17.1 Å². The molecule has 0 bridgehead atoms. The van der Waals surface area contributed by atoms with Crippen LogP contribution in [-0.4, -0.2) is 5.78 Å². The molecule has 0 aromatic carbocycles. The highest BCUT2D eigenvalue weighted by Crippen LogP contribution is 2.01. The van der Waals surface area contributed by atoms with Crippen molar-refractivity contribution in [3.8, 4) is 0 Å². The summed E-state index contributed by atoms with van der Waals surface area (Å²) < 4.78 is 0. The molecule has 62 valence electrons. The first-order valence-electron chi connectivity index (χ1n) is 3.76. The van der Waals surface area contributed by atoms with E-state index in [1.807, 2.05) is 0 Å². The van der Waals surface area contributed by atoms with Crippen LogP contribution in [0, 0.1) is 0 Å². The van der Waals surface area contributed by atoms with Gasteiger partial charge in [0.2, 0.25) is 0 Å². The van der Waals surface area contributed by atoms with E-state index in [9.17, 15) is 4.79 Å². The average Bonchev–Trinajstić information content (AvgIpc) is 1.80. The molecule has 0 aliphatic rings. The molecule has 0 amide bonds. The Kier molecular flexibility index (Phi) is 10.7. The lowest BCUT2D eigenvalue weighted by molar-refractivity contribution is -0.117. The van der Waals surface area contributed by atoms with Gasteiger partial charge in [-0.05, 0) is 13.3 Å². The van der Waals surface area contributed by atoms with Crippen LogP contribution in [0.15, 0.2) is 0 Å². The van der Waals surface area contributed by atoms with Crippen LogP contribution in [0.4, 0.5) is 0 Å². The van der Waals surface area contributed by atoms with Gasteiger partial charge in [0.15, 0.2) is 0 Å². The van der Waals surface area contributed by atoms with Gasteiger partial charge < -0.3 is 4.79 Å². The molecule has 0 aliphatic heterocycles. The maximum Gasteiger partial charge on any atom is 0.129 e. The number of carbonyl (C=O) groups is 1. The number of Topliss-reactive ketones (excluding diaryl/α,β-unsaturated/α-hetero) is 1. The first kappa shape index (κ1) is 12.4. The van der Waals surface area contributed by atoms with E-state index in [1.165, 1.54) is 19.3 Å². The SMILES string of the molecule is C.CCCCCCC(C)=O. The third kappa shape index (κ3) is 10.6. The molecule has 0 aliphatic carbocycles. The van der Waals surface area contributed by atoms with E-state index in [0.717, 1.165) is 12.8 Å². The zero-order valence-corrected chi connectivity index (χ0v) is 6.44. The molecule has 0 aromatic rings. The van der Waals surface area contributed by atoms with Crippen molar-refractivity contribution in [3.63, 3.8) is 0 Å². The summed E-state index contributed by atoms with van der Waals surface area (Å²) in [6.07, 6.45) is 5.60. The Bertz CT molecular complexity index is 76.8. The van der Waals surface area contributed by atoms with Gasteiger partial charge in [-0.2, -0.15) is 0 Å². The van der Waals surface area contributed by atoms with Crippen LogP contribution >= 0.6 is 0 Å². The summed E-state index contributed by atoms with van der Waals surface area (Å²) in [4.78, 5) is 10.4. The molecule has 0 fully saturated rings. The number of unbranched alkanes of at least 4 members (excludes halogenated alkanes) is 3. The predicted molar refractivity (Wildman–Crippen MR) is 46.2 cm³/mol. The van der Waals surface area contributed by atoms with Crippen LogP contribution in [0.5, 0.6) is 0 Å². The van der Waals surface area contributed by atoms with E-state index in [4.69, 9.17) is 0 Å². The van der Waals surface area contributed by atoms with Gasteiger partial charge in [0.25, 0.3) is 0 Å². The fourth-order valence-corrected chi connectivity index (χ4v) is 0.801. The second-order valence-electron chi connectivity index (χ2n) is 2.51. The molecule has 0 saturated heterocycles. The minimum absolute atomic E-state index is 0. The number of hydrogen-bond acceptors (Lipinski definition) is 1. The molecule has 1 nitrogen and oxygen atoms in total. The van der Waals surface area contributed by atoms with Crippen LogP contribution < -0.4 is 0 Å². The first-order chi connectivity index (χ1) is 4.27. The molecule has 10 heavy (non-hydrogen) atoms. The lowest BCUT2D eigenvalue weighted by Crippen LogP contribution is -1.88. The molecule has 0 saturated carbocycles. The van der Waals surface area contributed by atoms with Crippen LogP contribution in [0.25, 0.3) is 0 Å². The Hall–Kier alpha value is -0.330. The zero-order chi connectivity index (χ0) is 7.11. The van der Waals surface area contributed by atoms with Crippen LogP contribution in [0.2, 0.25) is 0 Å². The second kappa shape index (κ2) is 8.67. The highest BCUT2D eigenvalue weighted by molar-refractivity contribution is 5.75. The monoisotopic (exact) mass is 144 g/mol. The molecule has 0 radical (unpaired) electrons. The van der Waals surface area contributed by atoms with Crippen molar-refractivity contribution in [3.05, 3.63) is 0 Å². The fourth-order valence-electron chi connectivity index (χ4n) is 0.801. The summed E-state index contributed by atoms with van der Waals surface area (Å²) in [7, 11) is 0. The number of rotatable bonds is 5. The molecule has 0 unspecified atom stereocenters. The Morgan fingerprint density at radius 1 is 1.20 bits per heavy atom.